The molecule has 0 unspecified atom stereocenters. The highest BCUT2D eigenvalue weighted by Gasteiger charge is 2.32. The second-order valence-electron chi connectivity index (χ2n) is 6.13. The molecule has 3 rings (SSSR count). The average molecular weight is 353 g/mol. The Kier molecular flexibility index (Phi) is 5.41. The second-order valence-corrected chi connectivity index (χ2v) is 6.13. The Morgan fingerprint density at radius 2 is 1.88 bits per heavy atom. The summed E-state index contributed by atoms with van der Waals surface area (Å²) < 4.78 is 5.15. The SMILES string of the molecule is CCN(C(=O)N[C@H]1CC(=O)N(c2ccc(OC)cc2)C1)c1ccccc1. The predicted molar refractivity (Wildman–Crippen MR) is 102 cm³/mol. The average Bonchev–Trinajstić information content (AvgIpc) is 3.03. The lowest BCUT2D eigenvalue weighted by Crippen LogP contribution is -2.46. The van der Waals surface area contributed by atoms with Crippen molar-refractivity contribution in [2.24, 2.45) is 0 Å². The number of carbonyl (C=O) groups is 2. The molecule has 6 heteroatoms. The third-order valence-corrected chi connectivity index (χ3v) is 4.47. The molecule has 0 aliphatic carbocycles. The number of nitrogens with one attached hydrogen (secondary N) is 1. The normalized spacial score (nSPS) is 16.5. The van der Waals surface area contributed by atoms with Gasteiger partial charge in [0.2, 0.25) is 5.91 Å². The van der Waals surface area contributed by atoms with E-state index in [0.29, 0.717) is 19.5 Å². The van der Waals surface area contributed by atoms with Crippen molar-refractivity contribution in [3.8, 4) is 5.75 Å². The van der Waals surface area contributed by atoms with Gasteiger partial charge in [-0.05, 0) is 43.3 Å². The lowest BCUT2D eigenvalue weighted by Gasteiger charge is -2.24. The van der Waals surface area contributed by atoms with Gasteiger partial charge in [-0.2, -0.15) is 0 Å². The number of methoxy groups -OCH3 is 1. The van der Waals surface area contributed by atoms with Gasteiger partial charge in [-0.1, -0.05) is 18.2 Å². The zero-order chi connectivity index (χ0) is 18.5. The highest BCUT2D eigenvalue weighted by Crippen LogP contribution is 2.24. The number of nitrogens with zero attached hydrogens (tertiary/aromatic N) is 2. The molecule has 0 bridgehead atoms. The Balaban J connectivity index is 1.65. The predicted octanol–water partition coefficient (Wildman–Crippen LogP) is 3.04. The summed E-state index contributed by atoms with van der Waals surface area (Å²) in [5.41, 5.74) is 1.65. The van der Waals surface area contributed by atoms with Gasteiger partial charge in [-0.15, -0.1) is 0 Å². The molecule has 1 N–H and O–H groups in total. The number of amides is 3. The Labute approximate surface area is 153 Å². The third kappa shape index (κ3) is 3.79. The van der Waals surface area contributed by atoms with E-state index < -0.39 is 0 Å². The fourth-order valence-electron chi connectivity index (χ4n) is 3.12. The van der Waals surface area contributed by atoms with Gasteiger partial charge in [0.05, 0.1) is 13.2 Å². The van der Waals surface area contributed by atoms with Gasteiger partial charge < -0.3 is 15.0 Å². The molecule has 26 heavy (non-hydrogen) atoms. The van der Waals surface area contributed by atoms with Crippen LogP contribution in [-0.2, 0) is 4.79 Å². The van der Waals surface area contributed by atoms with E-state index >= 15 is 0 Å². The van der Waals surface area contributed by atoms with Crippen LogP contribution in [-0.4, -0.2) is 38.2 Å². The van der Waals surface area contributed by atoms with Crippen LogP contribution in [0.1, 0.15) is 13.3 Å². The van der Waals surface area contributed by atoms with Crippen LogP contribution in [0.3, 0.4) is 0 Å². The largest absolute Gasteiger partial charge is 0.497 e. The number of benzene rings is 2. The number of hydrogen-bond donors (Lipinski definition) is 1. The first-order valence-electron chi connectivity index (χ1n) is 8.70. The summed E-state index contributed by atoms with van der Waals surface area (Å²) in [7, 11) is 1.60. The summed E-state index contributed by atoms with van der Waals surface area (Å²) in [6.45, 7) is 2.94. The van der Waals surface area contributed by atoms with Crippen LogP contribution in [0.2, 0.25) is 0 Å². The van der Waals surface area contributed by atoms with E-state index in [1.807, 2.05) is 61.5 Å². The molecule has 1 heterocycles. The third-order valence-electron chi connectivity index (χ3n) is 4.47. The summed E-state index contributed by atoms with van der Waals surface area (Å²) >= 11 is 0. The first-order chi connectivity index (χ1) is 12.6. The van der Waals surface area contributed by atoms with Crippen LogP contribution in [0, 0.1) is 0 Å². The van der Waals surface area contributed by atoms with E-state index in [1.54, 1.807) is 16.9 Å². The van der Waals surface area contributed by atoms with Gasteiger partial charge in [0.1, 0.15) is 5.75 Å². The molecule has 2 aromatic carbocycles. The van der Waals surface area contributed by atoms with Crippen molar-refractivity contribution in [3.05, 3.63) is 54.6 Å². The standard InChI is InChI=1S/C20H23N3O3/c1-3-22(16-7-5-4-6-8-16)20(25)21-15-13-19(24)23(14-15)17-9-11-18(26-2)12-10-17/h4-12,15H,3,13-14H2,1-2H3,(H,21,25)/t15-/m0/s1. The van der Waals surface area contributed by atoms with Crippen molar-refractivity contribution in [1.29, 1.82) is 0 Å². The number of para-hydroxylation sites is 1. The Bertz CT molecular complexity index is 762. The van der Waals surface area contributed by atoms with Gasteiger partial charge in [-0.3, -0.25) is 9.69 Å². The van der Waals surface area contributed by atoms with Crippen LogP contribution in [0.15, 0.2) is 54.6 Å². The van der Waals surface area contributed by atoms with Gasteiger partial charge in [0.15, 0.2) is 0 Å². The van der Waals surface area contributed by atoms with Crippen molar-refractivity contribution in [2.75, 3.05) is 30.0 Å². The van der Waals surface area contributed by atoms with Crippen molar-refractivity contribution < 1.29 is 14.3 Å². The first-order valence-corrected chi connectivity index (χ1v) is 8.70. The van der Waals surface area contributed by atoms with E-state index in [1.165, 1.54) is 0 Å². The maximum absolute atomic E-state index is 12.6. The molecule has 0 radical (unpaired) electrons. The Morgan fingerprint density at radius 3 is 2.50 bits per heavy atom. The molecular weight excluding hydrogens is 330 g/mol. The highest BCUT2D eigenvalue weighted by atomic mass is 16.5. The summed E-state index contributed by atoms with van der Waals surface area (Å²) in [6, 6.07) is 16.4. The van der Waals surface area contributed by atoms with E-state index in [0.717, 1.165) is 17.1 Å². The number of ether oxygens (including phenoxy) is 1. The molecule has 1 saturated heterocycles. The number of hydrogen-bond acceptors (Lipinski definition) is 3. The maximum atomic E-state index is 12.6. The van der Waals surface area contributed by atoms with Crippen LogP contribution >= 0.6 is 0 Å². The van der Waals surface area contributed by atoms with Crippen molar-refractivity contribution >= 4 is 23.3 Å². The van der Waals surface area contributed by atoms with Gasteiger partial charge in [0.25, 0.3) is 0 Å². The first kappa shape index (κ1) is 17.8. The van der Waals surface area contributed by atoms with Gasteiger partial charge in [-0.25, -0.2) is 4.79 Å². The van der Waals surface area contributed by atoms with Crippen LogP contribution in [0.4, 0.5) is 16.2 Å². The Hall–Kier alpha value is -3.02. The van der Waals surface area contributed by atoms with E-state index in [4.69, 9.17) is 4.74 Å². The quantitative estimate of drug-likeness (QED) is 0.899. The topological polar surface area (TPSA) is 61.9 Å². The molecule has 0 spiro atoms. The molecule has 1 aliphatic heterocycles. The van der Waals surface area contributed by atoms with E-state index in [-0.39, 0.29) is 18.0 Å². The zero-order valence-corrected chi connectivity index (χ0v) is 15.0. The molecule has 2 aromatic rings. The summed E-state index contributed by atoms with van der Waals surface area (Å²) in [5.74, 6) is 0.745. The lowest BCUT2D eigenvalue weighted by atomic mass is 10.2. The maximum Gasteiger partial charge on any atom is 0.322 e. The van der Waals surface area contributed by atoms with Crippen LogP contribution in [0.25, 0.3) is 0 Å². The zero-order valence-electron chi connectivity index (χ0n) is 15.0. The monoisotopic (exact) mass is 353 g/mol. The second kappa shape index (κ2) is 7.91. The molecule has 1 atom stereocenters. The van der Waals surface area contributed by atoms with Crippen LogP contribution in [0.5, 0.6) is 5.75 Å². The molecule has 3 amide bonds. The molecule has 1 aliphatic rings. The molecular formula is C20H23N3O3. The Morgan fingerprint density at radius 1 is 1.19 bits per heavy atom. The number of anilines is 2. The minimum atomic E-state index is -0.213. The van der Waals surface area contributed by atoms with E-state index in [2.05, 4.69) is 5.32 Å². The van der Waals surface area contributed by atoms with E-state index in [9.17, 15) is 9.59 Å². The van der Waals surface area contributed by atoms with Crippen molar-refractivity contribution in [1.82, 2.24) is 5.32 Å². The van der Waals surface area contributed by atoms with Gasteiger partial charge >= 0.3 is 6.03 Å². The molecule has 0 aromatic heterocycles. The number of urea groups is 1. The highest BCUT2D eigenvalue weighted by molar-refractivity contribution is 5.98. The number of rotatable bonds is 5. The molecule has 136 valence electrons. The fourth-order valence-corrected chi connectivity index (χ4v) is 3.12. The van der Waals surface area contributed by atoms with Crippen LogP contribution < -0.4 is 19.9 Å². The fraction of sp³-hybridized carbons (Fsp3) is 0.300. The minimum absolute atomic E-state index is 0.00299. The molecule has 6 nitrogen and oxygen atoms in total. The minimum Gasteiger partial charge on any atom is -0.497 e. The molecule has 0 saturated carbocycles. The summed E-state index contributed by atoms with van der Waals surface area (Å²) in [4.78, 5) is 28.4. The number of carbonyl (C=O) groups excluding carboxylic acids is 2. The molecule has 1 fully saturated rings. The summed E-state index contributed by atoms with van der Waals surface area (Å²) in [6.07, 6.45) is 0.296. The van der Waals surface area contributed by atoms with Crippen molar-refractivity contribution in [3.63, 3.8) is 0 Å². The smallest absolute Gasteiger partial charge is 0.322 e. The van der Waals surface area contributed by atoms with Gasteiger partial charge in [0, 0.05) is 30.9 Å². The summed E-state index contributed by atoms with van der Waals surface area (Å²) in [5, 5.41) is 2.98. The van der Waals surface area contributed by atoms with Crippen molar-refractivity contribution in [2.45, 2.75) is 19.4 Å². The lowest BCUT2D eigenvalue weighted by molar-refractivity contribution is -0.117.